The van der Waals surface area contributed by atoms with Crippen molar-refractivity contribution in [2.75, 3.05) is 0 Å². The highest BCUT2D eigenvalue weighted by Gasteiger charge is 2.17. The molecule has 0 bridgehead atoms. The van der Waals surface area contributed by atoms with Crippen LogP contribution in [0.2, 0.25) is 0 Å². The summed E-state index contributed by atoms with van der Waals surface area (Å²) in [5.41, 5.74) is 11.2. The van der Waals surface area contributed by atoms with Gasteiger partial charge in [-0.1, -0.05) is 84.9 Å². The molecule has 0 saturated heterocycles. The maximum atomic E-state index is 6.50. The Hall–Kier alpha value is -6.06. The number of para-hydroxylation sites is 4. The maximum absolute atomic E-state index is 6.50. The molecule has 0 fully saturated rings. The van der Waals surface area contributed by atoms with Gasteiger partial charge in [-0.2, -0.15) is 0 Å². The Bertz CT molecular complexity index is 2740. The van der Waals surface area contributed by atoms with Crippen molar-refractivity contribution in [1.82, 2.24) is 9.13 Å². The molecule has 45 heavy (non-hydrogen) atoms. The summed E-state index contributed by atoms with van der Waals surface area (Å²) in [6.07, 6.45) is 0. The smallest absolute Gasteiger partial charge is 0.137 e. The number of nitrogens with zero attached hydrogens (tertiary/aromatic N) is 2. The molecule has 0 spiro atoms. The lowest BCUT2D eigenvalue weighted by Crippen LogP contribution is -1.92. The molecule has 0 atom stereocenters. The van der Waals surface area contributed by atoms with E-state index in [9.17, 15) is 0 Å². The zero-order chi connectivity index (χ0) is 29.5. The van der Waals surface area contributed by atoms with Crippen LogP contribution in [0.1, 0.15) is 0 Å². The summed E-state index contributed by atoms with van der Waals surface area (Å²) in [6.45, 7) is 0. The fourth-order valence-electron chi connectivity index (χ4n) is 7.28. The Labute approximate surface area is 258 Å². The number of hydrogen-bond acceptors (Lipinski definition) is 1. The topological polar surface area (TPSA) is 23.0 Å². The molecule has 10 aromatic rings. The first-order valence-electron chi connectivity index (χ1n) is 15.4. The van der Waals surface area contributed by atoms with E-state index in [0.29, 0.717) is 0 Å². The predicted octanol–water partition coefficient (Wildman–Crippen LogP) is 11.4. The van der Waals surface area contributed by atoms with Gasteiger partial charge >= 0.3 is 0 Å². The molecule has 0 aliphatic heterocycles. The van der Waals surface area contributed by atoms with Crippen molar-refractivity contribution >= 4 is 65.6 Å². The summed E-state index contributed by atoms with van der Waals surface area (Å²) >= 11 is 0. The molecule has 0 N–H and O–H groups in total. The SMILES string of the molecule is c1ccc(-n2c3ccccc3c3cc(-c4ccc5oc6cc7c(cc6c5c4)c4ccccc4n7-c4ccccc4)ccc32)cc1. The van der Waals surface area contributed by atoms with Crippen LogP contribution in [0.5, 0.6) is 0 Å². The first-order valence-corrected chi connectivity index (χ1v) is 15.4. The summed E-state index contributed by atoms with van der Waals surface area (Å²) in [5, 5.41) is 7.24. The van der Waals surface area contributed by atoms with Crippen molar-refractivity contribution in [3.8, 4) is 22.5 Å². The average molecular weight is 575 g/mol. The van der Waals surface area contributed by atoms with Gasteiger partial charge in [0.15, 0.2) is 0 Å². The van der Waals surface area contributed by atoms with Crippen molar-refractivity contribution in [1.29, 1.82) is 0 Å². The lowest BCUT2D eigenvalue weighted by molar-refractivity contribution is 0.669. The van der Waals surface area contributed by atoms with Crippen LogP contribution < -0.4 is 0 Å². The largest absolute Gasteiger partial charge is 0.456 e. The number of aromatic nitrogens is 2. The van der Waals surface area contributed by atoms with Gasteiger partial charge in [-0.3, -0.25) is 0 Å². The molecule has 3 aromatic heterocycles. The Kier molecular flexibility index (Phi) is 5.00. The van der Waals surface area contributed by atoms with Gasteiger partial charge in [-0.25, -0.2) is 0 Å². The zero-order valence-electron chi connectivity index (χ0n) is 24.3. The number of benzene rings is 7. The molecule has 3 nitrogen and oxygen atoms in total. The Morgan fingerprint density at radius 2 is 0.800 bits per heavy atom. The second-order valence-electron chi connectivity index (χ2n) is 11.8. The molecule has 0 aliphatic rings. The van der Waals surface area contributed by atoms with Crippen LogP contribution in [0.15, 0.2) is 162 Å². The summed E-state index contributed by atoms with van der Waals surface area (Å²) < 4.78 is 11.2. The van der Waals surface area contributed by atoms with Crippen molar-refractivity contribution in [2.24, 2.45) is 0 Å². The summed E-state index contributed by atoms with van der Waals surface area (Å²) in [6, 6.07) is 56.5. The van der Waals surface area contributed by atoms with E-state index in [0.717, 1.165) is 33.1 Å². The number of furan rings is 1. The minimum Gasteiger partial charge on any atom is -0.456 e. The van der Waals surface area contributed by atoms with Gasteiger partial charge in [0.2, 0.25) is 0 Å². The molecule has 10 rings (SSSR count). The molecule has 0 saturated carbocycles. The second kappa shape index (κ2) is 9.22. The molecule has 3 heteroatoms. The third-order valence-corrected chi connectivity index (χ3v) is 9.30. The normalized spacial score (nSPS) is 12.0. The summed E-state index contributed by atoms with van der Waals surface area (Å²) in [5.74, 6) is 0. The summed E-state index contributed by atoms with van der Waals surface area (Å²) in [7, 11) is 0. The minimum atomic E-state index is 0.899. The first-order chi connectivity index (χ1) is 22.3. The third-order valence-electron chi connectivity index (χ3n) is 9.30. The highest BCUT2D eigenvalue weighted by Crippen LogP contribution is 2.40. The number of fused-ring (bicyclic) bond motifs is 9. The highest BCUT2D eigenvalue weighted by molar-refractivity contribution is 6.18. The van der Waals surface area contributed by atoms with Gasteiger partial charge in [0.25, 0.3) is 0 Å². The molecule has 0 aliphatic carbocycles. The van der Waals surface area contributed by atoms with E-state index < -0.39 is 0 Å². The molecule has 7 aromatic carbocycles. The van der Waals surface area contributed by atoms with Gasteiger partial charge in [-0.05, 0) is 77.9 Å². The van der Waals surface area contributed by atoms with Crippen molar-refractivity contribution in [3.05, 3.63) is 158 Å². The molecule has 0 radical (unpaired) electrons. The lowest BCUT2D eigenvalue weighted by atomic mass is 10.00. The minimum absolute atomic E-state index is 0.899. The first kappa shape index (κ1) is 24.4. The molecular formula is C42H26N2O. The standard InChI is InChI=1S/C42H26N2O/c1-3-11-29(12-4-1)43-37-17-9-7-15-31(37)33-23-27(19-21-39(33)43)28-20-22-41-35(24-28)36-25-34-32-16-8-10-18-38(32)44(30-13-5-2-6-14-30)40(34)26-42(36)45-41/h1-26H. The zero-order valence-corrected chi connectivity index (χ0v) is 24.3. The van der Waals surface area contributed by atoms with Crippen molar-refractivity contribution in [2.45, 2.75) is 0 Å². The summed E-state index contributed by atoms with van der Waals surface area (Å²) in [4.78, 5) is 0. The van der Waals surface area contributed by atoms with E-state index in [1.165, 1.54) is 54.9 Å². The lowest BCUT2D eigenvalue weighted by Gasteiger charge is -2.08. The van der Waals surface area contributed by atoms with E-state index in [1.807, 2.05) is 0 Å². The van der Waals surface area contributed by atoms with Gasteiger partial charge in [0.05, 0.1) is 22.1 Å². The van der Waals surface area contributed by atoms with Crippen LogP contribution in [0.4, 0.5) is 0 Å². The molecule has 0 amide bonds. The van der Waals surface area contributed by atoms with Crippen molar-refractivity contribution in [3.63, 3.8) is 0 Å². The van der Waals surface area contributed by atoms with Crippen LogP contribution in [0.3, 0.4) is 0 Å². The van der Waals surface area contributed by atoms with Gasteiger partial charge in [0, 0.05) is 49.8 Å². The quantitative estimate of drug-likeness (QED) is 0.206. The maximum Gasteiger partial charge on any atom is 0.137 e. The molecule has 210 valence electrons. The Morgan fingerprint density at radius 3 is 1.47 bits per heavy atom. The Morgan fingerprint density at radius 1 is 0.311 bits per heavy atom. The number of hydrogen-bond donors (Lipinski definition) is 0. The third kappa shape index (κ3) is 3.52. The van der Waals surface area contributed by atoms with Gasteiger partial charge in [-0.15, -0.1) is 0 Å². The second-order valence-corrected chi connectivity index (χ2v) is 11.8. The molecular weight excluding hydrogens is 548 g/mol. The fourth-order valence-corrected chi connectivity index (χ4v) is 7.28. The number of rotatable bonds is 3. The van der Waals surface area contributed by atoms with Gasteiger partial charge < -0.3 is 13.6 Å². The average Bonchev–Trinajstić information content (AvgIpc) is 3.74. The van der Waals surface area contributed by atoms with E-state index in [4.69, 9.17) is 4.42 Å². The van der Waals surface area contributed by atoms with Crippen LogP contribution in [0, 0.1) is 0 Å². The van der Waals surface area contributed by atoms with Crippen LogP contribution in [0.25, 0.3) is 88.1 Å². The van der Waals surface area contributed by atoms with E-state index in [-0.39, 0.29) is 0 Å². The van der Waals surface area contributed by atoms with E-state index in [1.54, 1.807) is 0 Å². The monoisotopic (exact) mass is 574 g/mol. The van der Waals surface area contributed by atoms with E-state index in [2.05, 4.69) is 167 Å². The van der Waals surface area contributed by atoms with Crippen molar-refractivity contribution < 1.29 is 4.42 Å². The molecule has 3 heterocycles. The van der Waals surface area contributed by atoms with Gasteiger partial charge in [0.1, 0.15) is 11.2 Å². The van der Waals surface area contributed by atoms with E-state index >= 15 is 0 Å². The highest BCUT2D eigenvalue weighted by atomic mass is 16.3. The predicted molar refractivity (Wildman–Crippen MR) is 188 cm³/mol. The molecule has 0 unspecified atom stereocenters. The van der Waals surface area contributed by atoms with Crippen LogP contribution in [-0.4, -0.2) is 9.13 Å². The fraction of sp³-hybridized carbons (Fsp3) is 0. The van der Waals surface area contributed by atoms with Crippen LogP contribution in [-0.2, 0) is 0 Å². The van der Waals surface area contributed by atoms with Crippen LogP contribution >= 0.6 is 0 Å². The Balaban J connectivity index is 1.19.